The van der Waals surface area contributed by atoms with Gasteiger partial charge in [0.2, 0.25) is 5.91 Å². The molecule has 1 aliphatic carbocycles. The molecule has 2 aromatic rings. The fourth-order valence-corrected chi connectivity index (χ4v) is 4.32. The molecule has 4 nitrogen and oxygen atoms in total. The van der Waals surface area contributed by atoms with Crippen molar-refractivity contribution in [2.75, 3.05) is 5.32 Å². The van der Waals surface area contributed by atoms with E-state index < -0.39 is 17.6 Å². The van der Waals surface area contributed by atoms with Crippen molar-refractivity contribution in [1.29, 1.82) is 0 Å². The molecule has 0 saturated carbocycles. The number of nitrogens with two attached hydrogens (primary N) is 1. The number of rotatable bonds is 4. The van der Waals surface area contributed by atoms with E-state index in [0.29, 0.717) is 16.1 Å². The number of primary amides is 1. The monoisotopic (exact) mass is 358 g/mol. The van der Waals surface area contributed by atoms with Crippen molar-refractivity contribution in [3.05, 3.63) is 57.7 Å². The maximum absolute atomic E-state index is 13.6. The third-order valence-corrected chi connectivity index (χ3v) is 5.43. The summed E-state index contributed by atoms with van der Waals surface area (Å²) in [6.45, 7) is 0. The van der Waals surface area contributed by atoms with Crippen LogP contribution >= 0.6 is 11.3 Å². The fourth-order valence-electron chi connectivity index (χ4n) is 3.02. The summed E-state index contributed by atoms with van der Waals surface area (Å²) >= 11 is 1.42. The number of carbonyl (C=O) groups is 2. The highest BCUT2D eigenvalue weighted by molar-refractivity contribution is 7.17. The number of benzene rings is 1. The lowest BCUT2D eigenvalue weighted by Crippen LogP contribution is -2.17. The highest BCUT2D eigenvalue weighted by Crippen LogP contribution is 2.37. The zero-order valence-corrected chi connectivity index (χ0v) is 14.5. The van der Waals surface area contributed by atoms with Crippen molar-refractivity contribution in [3.63, 3.8) is 0 Å². The zero-order chi connectivity index (χ0) is 17.8. The molecule has 3 rings (SSSR count). The Morgan fingerprint density at radius 2 is 1.92 bits per heavy atom. The quantitative estimate of drug-likeness (QED) is 0.642. The Morgan fingerprint density at radius 3 is 2.68 bits per heavy atom. The molecule has 25 heavy (non-hydrogen) atoms. The zero-order valence-electron chi connectivity index (χ0n) is 13.7. The summed E-state index contributed by atoms with van der Waals surface area (Å²) in [5.74, 6) is -1.33. The van der Waals surface area contributed by atoms with E-state index in [-0.39, 0.29) is 0 Å². The summed E-state index contributed by atoms with van der Waals surface area (Å²) in [7, 11) is 0. The van der Waals surface area contributed by atoms with Gasteiger partial charge in [-0.05, 0) is 43.4 Å². The highest BCUT2D eigenvalue weighted by Gasteiger charge is 2.23. The Labute approximate surface area is 149 Å². The summed E-state index contributed by atoms with van der Waals surface area (Å²) in [4.78, 5) is 25.2. The van der Waals surface area contributed by atoms with Crippen LogP contribution in [0.25, 0.3) is 6.08 Å². The predicted octanol–water partition coefficient (Wildman–Crippen LogP) is 3.91. The van der Waals surface area contributed by atoms with Gasteiger partial charge in [-0.15, -0.1) is 11.3 Å². The van der Waals surface area contributed by atoms with E-state index in [1.165, 1.54) is 29.6 Å². The lowest BCUT2D eigenvalue weighted by molar-refractivity contribution is -0.111. The minimum Gasteiger partial charge on any atom is -0.365 e. The highest BCUT2D eigenvalue weighted by atomic mass is 32.1. The van der Waals surface area contributed by atoms with Gasteiger partial charge in [0.15, 0.2) is 0 Å². The van der Waals surface area contributed by atoms with Gasteiger partial charge in [0.1, 0.15) is 10.8 Å². The lowest BCUT2D eigenvalue weighted by Gasteiger charge is -2.04. The van der Waals surface area contributed by atoms with Crippen molar-refractivity contribution >= 4 is 34.2 Å². The van der Waals surface area contributed by atoms with Gasteiger partial charge in [0.05, 0.1) is 5.56 Å². The molecule has 0 fully saturated rings. The smallest absolute Gasteiger partial charge is 0.251 e. The van der Waals surface area contributed by atoms with Crippen molar-refractivity contribution < 1.29 is 14.0 Å². The molecule has 1 heterocycles. The van der Waals surface area contributed by atoms with Gasteiger partial charge in [-0.25, -0.2) is 4.39 Å². The van der Waals surface area contributed by atoms with E-state index in [0.717, 1.165) is 42.5 Å². The van der Waals surface area contributed by atoms with Crippen LogP contribution in [-0.4, -0.2) is 11.8 Å². The summed E-state index contributed by atoms with van der Waals surface area (Å²) in [5, 5.41) is 3.22. The number of amides is 2. The van der Waals surface area contributed by atoms with E-state index in [9.17, 15) is 14.0 Å². The van der Waals surface area contributed by atoms with Crippen LogP contribution in [0.2, 0.25) is 0 Å². The molecular formula is C19H19FN2O2S. The fraction of sp³-hybridized carbons (Fsp3) is 0.263. The number of aryl methyl sites for hydroxylation is 1. The second kappa shape index (κ2) is 7.61. The van der Waals surface area contributed by atoms with E-state index in [2.05, 4.69) is 5.32 Å². The summed E-state index contributed by atoms with van der Waals surface area (Å²) in [5.41, 5.74) is 7.27. The van der Waals surface area contributed by atoms with Crippen LogP contribution in [0.15, 0.2) is 30.3 Å². The molecule has 6 heteroatoms. The Hall–Kier alpha value is -2.47. The Morgan fingerprint density at radius 1 is 1.16 bits per heavy atom. The molecule has 1 aromatic carbocycles. The first-order valence-corrected chi connectivity index (χ1v) is 9.06. The summed E-state index contributed by atoms with van der Waals surface area (Å²) in [6, 6.07) is 6.20. The Bertz CT molecular complexity index is 842. The lowest BCUT2D eigenvalue weighted by atomic mass is 10.1. The second-order valence-corrected chi connectivity index (χ2v) is 7.08. The van der Waals surface area contributed by atoms with Crippen LogP contribution in [0.3, 0.4) is 0 Å². The number of halogens is 1. The number of thiophene rings is 1. The largest absolute Gasteiger partial charge is 0.365 e. The van der Waals surface area contributed by atoms with E-state index >= 15 is 0 Å². The van der Waals surface area contributed by atoms with Crippen LogP contribution < -0.4 is 11.1 Å². The van der Waals surface area contributed by atoms with E-state index in [4.69, 9.17) is 5.73 Å². The first-order valence-electron chi connectivity index (χ1n) is 8.24. The first kappa shape index (κ1) is 17.4. The van der Waals surface area contributed by atoms with Crippen LogP contribution in [0.1, 0.15) is 45.6 Å². The Kier molecular flexibility index (Phi) is 5.28. The van der Waals surface area contributed by atoms with Gasteiger partial charge in [0, 0.05) is 16.5 Å². The van der Waals surface area contributed by atoms with E-state index in [1.807, 2.05) is 0 Å². The first-order chi connectivity index (χ1) is 12.1. The van der Waals surface area contributed by atoms with Gasteiger partial charge in [-0.2, -0.15) is 0 Å². The molecule has 2 amide bonds. The molecule has 130 valence electrons. The third kappa shape index (κ3) is 3.96. The third-order valence-electron chi connectivity index (χ3n) is 4.22. The number of hydrogen-bond donors (Lipinski definition) is 2. The molecule has 0 radical (unpaired) electrons. The minimum atomic E-state index is -0.521. The molecule has 3 N–H and O–H groups in total. The van der Waals surface area contributed by atoms with Crippen LogP contribution in [0.5, 0.6) is 0 Å². The molecule has 0 aliphatic heterocycles. The molecule has 0 spiro atoms. The number of fused-ring (bicyclic) bond motifs is 1. The maximum Gasteiger partial charge on any atom is 0.251 e. The molecule has 1 aromatic heterocycles. The predicted molar refractivity (Wildman–Crippen MR) is 98.2 cm³/mol. The van der Waals surface area contributed by atoms with Gasteiger partial charge >= 0.3 is 0 Å². The number of anilines is 1. The molecule has 1 aliphatic rings. The van der Waals surface area contributed by atoms with Crippen LogP contribution in [0.4, 0.5) is 9.39 Å². The van der Waals surface area contributed by atoms with E-state index in [1.54, 1.807) is 18.2 Å². The average Bonchev–Trinajstić information content (AvgIpc) is 2.75. The van der Waals surface area contributed by atoms with Gasteiger partial charge < -0.3 is 11.1 Å². The van der Waals surface area contributed by atoms with Gasteiger partial charge in [-0.3, -0.25) is 9.59 Å². The minimum absolute atomic E-state index is 0.328. The average molecular weight is 358 g/mol. The maximum atomic E-state index is 13.6. The summed E-state index contributed by atoms with van der Waals surface area (Å²) in [6.07, 6.45) is 7.61. The Balaban J connectivity index is 1.81. The molecule has 0 unspecified atom stereocenters. The van der Waals surface area contributed by atoms with Crippen LogP contribution in [-0.2, 0) is 17.6 Å². The molecular weight excluding hydrogens is 339 g/mol. The van der Waals surface area contributed by atoms with Crippen molar-refractivity contribution in [1.82, 2.24) is 0 Å². The topological polar surface area (TPSA) is 72.2 Å². The van der Waals surface area contributed by atoms with Crippen molar-refractivity contribution in [2.24, 2.45) is 5.73 Å². The number of hydrogen-bond acceptors (Lipinski definition) is 3. The standard InChI is InChI=1S/C19H19FN2O2S/c20-14-8-5-4-6-12(14)10-11-16(23)22-19-17(18(21)24)13-7-2-1-3-9-15(13)25-19/h4-6,8,10-11H,1-3,7,9H2,(H2,21,24)(H,22,23)/b11-10+. The molecule has 0 bridgehead atoms. The van der Waals surface area contributed by atoms with Gasteiger partial charge in [-0.1, -0.05) is 24.6 Å². The van der Waals surface area contributed by atoms with Crippen molar-refractivity contribution in [2.45, 2.75) is 32.1 Å². The number of carbonyl (C=O) groups excluding carboxylic acids is 2. The summed E-state index contributed by atoms with van der Waals surface area (Å²) < 4.78 is 13.6. The molecule has 0 atom stereocenters. The second-order valence-electron chi connectivity index (χ2n) is 5.98. The SMILES string of the molecule is NC(=O)c1c(NC(=O)/C=C/c2ccccc2F)sc2c1CCCCC2. The van der Waals surface area contributed by atoms with Gasteiger partial charge in [0.25, 0.3) is 5.91 Å². The van der Waals surface area contributed by atoms with Crippen molar-refractivity contribution in [3.8, 4) is 0 Å². The van der Waals surface area contributed by atoms with Crippen LogP contribution in [0, 0.1) is 5.82 Å². The number of nitrogens with one attached hydrogen (secondary N) is 1. The molecule has 0 saturated heterocycles. The normalized spacial score (nSPS) is 14.1.